The molecule has 3 nitrogen and oxygen atoms in total. The summed E-state index contributed by atoms with van der Waals surface area (Å²) in [6, 6.07) is 10.6. The van der Waals surface area contributed by atoms with Crippen LogP contribution in [0.25, 0.3) is 10.9 Å². The van der Waals surface area contributed by atoms with Crippen molar-refractivity contribution < 1.29 is 0 Å². The molecule has 2 heterocycles. The van der Waals surface area contributed by atoms with E-state index in [0.717, 1.165) is 29.3 Å². The van der Waals surface area contributed by atoms with Gasteiger partial charge in [0.15, 0.2) is 0 Å². The molecule has 0 atom stereocenters. The van der Waals surface area contributed by atoms with Crippen molar-refractivity contribution in [2.45, 2.75) is 26.9 Å². The monoisotopic (exact) mass is 283 g/mol. The molecule has 3 aromatic rings. The van der Waals surface area contributed by atoms with Crippen molar-refractivity contribution in [2.24, 2.45) is 0 Å². The predicted molar refractivity (Wildman–Crippen MR) is 83.9 cm³/mol. The van der Waals surface area contributed by atoms with E-state index in [4.69, 9.17) is 0 Å². The van der Waals surface area contributed by atoms with Gasteiger partial charge in [-0.15, -0.1) is 11.3 Å². The summed E-state index contributed by atoms with van der Waals surface area (Å²) in [5, 5.41) is 5.77. The molecule has 3 rings (SSSR count). The molecule has 1 N–H and O–H groups in total. The molecule has 2 aromatic heterocycles. The van der Waals surface area contributed by atoms with Crippen molar-refractivity contribution in [3.05, 3.63) is 57.7 Å². The van der Waals surface area contributed by atoms with Crippen LogP contribution in [-0.2, 0) is 13.1 Å². The van der Waals surface area contributed by atoms with Gasteiger partial charge < -0.3 is 5.32 Å². The Morgan fingerprint density at radius 1 is 1.10 bits per heavy atom. The number of fused-ring (bicyclic) bond motifs is 1. The summed E-state index contributed by atoms with van der Waals surface area (Å²) >= 11 is 1.74. The van der Waals surface area contributed by atoms with E-state index in [2.05, 4.69) is 52.5 Å². The van der Waals surface area contributed by atoms with E-state index < -0.39 is 0 Å². The molecule has 0 aliphatic heterocycles. The highest BCUT2D eigenvalue weighted by Crippen LogP contribution is 2.15. The van der Waals surface area contributed by atoms with E-state index in [9.17, 15) is 0 Å². The van der Waals surface area contributed by atoms with Crippen molar-refractivity contribution >= 4 is 22.2 Å². The van der Waals surface area contributed by atoms with Crippen LogP contribution in [0.1, 0.15) is 21.1 Å². The van der Waals surface area contributed by atoms with E-state index in [-0.39, 0.29) is 0 Å². The summed E-state index contributed by atoms with van der Waals surface area (Å²) in [6.07, 6.45) is 1.92. The van der Waals surface area contributed by atoms with Gasteiger partial charge in [-0.2, -0.15) is 0 Å². The Hall–Kier alpha value is -1.78. The zero-order chi connectivity index (χ0) is 13.9. The molecule has 0 amide bonds. The molecule has 0 fully saturated rings. The molecule has 102 valence electrons. The number of thiazole rings is 1. The lowest BCUT2D eigenvalue weighted by molar-refractivity contribution is 0.690. The van der Waals surface area contributed by atoms with Crippen molar-refractivity contribution in [2.75, 3.05) is 0 Å². The minimum absolute atomic E-state index is 0.822. The average molecular weight is 283 g/mol. The highest BCUT2D eigenvalue weighted by Gasteiger charge is 2.00. The molecule has 0 unspecified atom stereocenters. The molecule has 20 heavy (non-hydrogen) atoms. The van der Waals surface area contributed by atoms with Crippen LogP contribution in [0.15, 0.2) is 36.5 Å². The van der Waals surface area contributed by atoms with Crippen LogP contribution in [0.5, 0.6) is 0 Å². The fourth-order valence-corrected chi connectivity index (χ4v) is 2.94. The van der Waals surface area contributed by atoms with Crippen LogP contribution in [0, 0.1) is 13.8 Å². The molecular formula is C16H17N3S. The number of hydrogen-bond donors (Lipinski definition) is 1. The third-order valence-corrected chi connectivity index (χ3v) is 4.08. The third kappa shape index (κ3) is 3.03. The first-order valence-electron chi connectivity index (χ1n) is 6.69. The van der Waals surface area contributed by atoms with E-state index in [1.807, 2.05) is 13.1 Å². The first kappa shape index (κ1) is 13.2. The Balaban J connectivity index is 1.67. The van der Waals surface area contributed by atoms with Crippen LogP contribution in [0.3, 0.4) is 0 Å². The minimum Gasteiger partial charge on any atom is -0.306 e. The number of pyridine rings is 1. The van der Waals surface area contributed by atoms with E-state index in [1.165, 1.54) is 15.8 Å². The van der Waals surface area contributed by atoms with Gasteiger partial charge in [0.25, 0.3) is 0 Å². The van der Waals surface area contributed by atoms with E-state index >= 15 is 0 Å². The second-order valence-corrected chi connectivity index (χ2v) is 6.27. The van der Waals surface area contributed by atoms with Gasteiger partial charge in [0, 0.05) is 35.2 Å². The zero-order valence-corrected chi connectivity index (χ0v) is 12.5. The normalized spacial score (nSPS) is 11.1. The van der Waals surface area contributed by atoms with Crippen molar-refractivity contribution in [1.29, 1.82) is 0 Å². The summed E-state index contributed by atoms with van der Waals surface area (Å²) in [6.45, 7) is 5.77. The fraction of sp³-hybridized carbons (Fsp3) is 0.250. The van der Waals surface area contributed by atoms with Crippen LogP contribution in [-0.4, -0.2) is 9.97 Å². The number of nitrogens with zero attached hydrogens (tertiary/aromatic N) is 2. The average Bonchev–Trinajstić information content (AvgIpc) is 2.85. The molecule has 0 aliphatic carbocycles. The maximum absolute atomic E-state index is 4.52. The lowest BCUT2D eigenvalue weighted by Gasteiger charge is -2.05. The Bertz CT molecular complexity index is 733. The van der Waals surface area contributed by atoms with E-state index in [0.29, 0.717) is 0 Å². The van der Waals surface area contributed by atoms with Gasteiger partial charge in [0.05, 0.1) is 5.52 Å². The van der Waals surface area contributed by atoms with Crippen LogP contribution < -0.4 is 5.32 Å². The maximum Gasteiger partial charge on any atom is 0.107 e. The molecular weight excluding hydrogens is 266 g/mol. The topological polar surface area (TPSA) is 37.8 Å². The fourth-order valence-electron chi connectivity index (χ4n) is 2.18. The number of rotatable bonds is 4. The van der Waals surface area contributed by atoms with Gasteiger partial charge >= 0.3 is 0 Å². The van der Waals surface area contributed by atoms with Gasteiger partial charge in [-0.1, -0.05) is 12.1 Å². The van der Waals surface area contributed by atoms with Gasteiger partial charge in [0.2, 0.25) is 0 Å². The predicted octanol–water partition coefficient (Wildman–Crippen LogP) is 3.60. The Morgan fingerprint density at radius 3 is 2.80 bits per heavy atom. The quantitative estimate of drug-likeness (QED) is 0.795. The maximum atomic E-state index is 4.52. The van der Waals surface area contributed by atoms with Gasteiger partial charge in [-0.3, -0.25) is 4.98 Å². The molecule has 0 radical (unpaired) electrons. The smallest absolute Gasteiger partial charge is 0.107 e. The Labute approximate surface area is 122 Å². The number of benzene rings is 1. The van der Waals surface area contributed by atoms with Crippen LogP contribution >= 0.6 is 11.3 Å². The largest absolute Gasteiger partial charge is 0.306 e. The van der Waals surface area contributed by atoms with Gasteiger partial charge in [-0.05, 0) is 37.6 Å². The van der Waals surface area contributed by atoms with Crippen molar-refractivity contribution in [3.63, 3.8) is 0 Å². The third-order valence-electron chi connectivity index (χ3n) is 3.17. The lowest BCUT2D eigenvalue weighted by Crippen LogP contribution is -2.12. The summed E-state index contributed by atoms with van der Waals surface area (Å²) in [7, 11) is 0. The Morgan fingerprint density at radius 2 is 2.00 bits per heavy atom. The van der Waals surface area contributed by atoms with Crippen molar-refractivity contribution in [3.8, 4) is 0 Å². The first-order chi connectivity index (χ1) is 9.70. The van der Waals surface area contributed by atoms with Crippen LogP contribution in [0.2, 0.25) is 0 Å². The second-order valence-electron chi connectivity index (χ2n) is 4.95. The molecule has 4 heteroatoms. The SMILES string of the molecule is Cc1ccc2cc(CNCc3ncc(C)s3)ccc2n1. The van der Waals surface area contributed by atoms with Crippen molar-refractivity contribution in [1.82, 2.24) is 15.3 Å². The molecule has 0 saturated carbocycles. The number of hydrogen-bond acceptors (Lipinski definition) is 4. The van der Waals surface area contributed by atoms with Gasteiger partial charge in [0.1, 0.15) is 5.01 Å². The first-order valence-corrected chi connectivity index (χ1v) is 7.51. The number of nitrogens with one attached hydrogen (secondary N) is 1. The van der Waals surface area contributed by atoms with Crippen LogP contribution in [0.4, 0.5) is 0 Å². The van der Waals surface area contributed by atoms with E-state index in [1.54, 1.807) is 11.3 Å². The summed E-state index contributed by atoms with van der Waals surface area (Å²) in [5.74, 6) is 0. The molecule has 0 spiro atoms. The lowest BCUT2D eigenvalue weighted by atomic mass is 10.1. The highest BCUT2D eigenvalue weighted by molar-refractivity contribution is 7.11. The minimum atomic E-state index is 0.822. The zero-order valence-electron chi connectivity index (χ0n) is 11.7. The number of aromatic nitrogens is 2. The standard InChI is InChI=1S/C16H17N3S/c1-11-3-5-14-7-13(4-6-15(14)19-11)9-17-10-16-18-8-12(2)20-16/h3-8,17H,9-10H2,1-2H3. The highest BCUT2D eigenvalue weighted by atomic mass is 32.1. The summed E-state index contributed by atoms with van der Waals surface area (Å²) in [4.78, 5) is 10.1. The molecule has 0 bridgehead atoms. The second kappa shape index (κ2) is 5.69. The molecule has 0 saturated heterocycles. The summed E-state index contributed by atoms with van der Waals surface area (Å²) < 4.78 is 0. The molecule has 1 aromatic carbocycles. The molecule has 0 aliphatic rings. The van der Waals surface area contributed by atoms with Gasteiger partial charge in [-0.25, -0.2) is 4.98 Å². The number of aryl methyl sites for hydroxylation is 2. The summed E-state index contributed by atoms with van der Waals surface area (Å²) in [5.41, 5.74) is 3.39. The Kier molecular flexibility index (Phi) is 3.76.